The molecule has 2 saturated heterocycles. The Bertz CT molecular complexity index is 796. The van der Waals surface area contributed by atoms with Crippen LogP contribution in [0, 0.1) is 5.82 Å². The van der Waals surface area contributed by atoms with E-state index in [2.05, 4.69) is 15.4 Å². The molecule has 28 heavy (non-hydrogen) atoms. The fraction of sp³-hybridized carbons (Fsp3) is 0.524. The second-order valence-electron chi connectivity index (χ2n) is 7.68. The van der Waals surface area contributed by atoms with Crippen LogP contribution in [0.15, 0.2) is 34.9 Å². The predicted octanol–water partition coefficient (Wildman–Crippen LogP) is 3.10. The number of benzene rings is 1. The van der Waals surface area contributed by atoms with Crippen LogP contribution in [0.2, 0.25) is 0 Å². The fourth-order valence-corrected chi connectivity index (χ4v) is 3.98. The maximum Gasteiger partial charge on any atom is 0.290 e. The van der Waals surface area contributed by atoms with Gasteiger partial charge in [0.1, 0.15) is 5.82 Å². The van der Waals surface area contributed by atoms with Gasteiger partial charge in [0.25, 0.3) is 5.91 Å². The lowest BCUT2D eigenvalue weighted by Gasteiger charge is -2.31. The molecule has 7 heteroatoms. The zero-order valence-corrected chi connectivity index (χ0v) is 15.9. The average molecular weight is 387 g/mol. The van der Waals surface area contributed by atoms with E-state index in [1.54, 1.807) is 18.2 Å². The average Bonchev–Trinajstić information content (AvgIpc) is 3.20. The summed E-state index contributed by atoms with van der Waals surface area (Å²) >= 11 is 0. The minimum Gasteiger partial charge on any atom is -0.379 e. The van der Waals surface area contributed by atoms with E-state index in [0.29, 0.717) is 6.61 Å². The van der Waals surface area contributed by atoms with E-state index in [1.807, 2.05) is 6.07 Å². The third-order valence-electron chi connectivity index (χ3n) is 5.55. The lowest BCUT2D eigenvalue weighted by Crippen LogP contribution is -2.40. The van der Waals surface area contributed by atoms with Gasteiger partial charge in [-0.2, -0.15) is 0 Å². The minimum absolute atomic E-state index is 0.0425. The quantitative estimate of drug-likeness (QED) is 0.854. The highest BCUT2D eigenvalue weighted by molar-refractivity contribution is 5.91. The summed E-state index contributed by atoms with van der Waals surface area (Å²) in [5.74, 6) is 0.133. The SMILES string of the molecule is O=C(N[C@@H]1CCCOC1)c1cc(C2CCN(Cc3cccc(F)c3)CC2)no1. The van der Waals surface area contributed by atoms with Crippen LogP contribution in [-0.2, 0) is 11.3 Å². The molecule has 0 bridgehead atoms. The van der Waals surface area contributed by atoms with Crippen LogP contribution in [0.4, 0.5) is 4.39 Å². The zero-order chi connectivity index (χ0) is 19.3. The Morgan fingerprint density at radius 1 is 1.25 bits per heavy atom. The molecule has 6 nitrogen and oxygen atoms in total. The van der Waals surface area contributed by atoms with Crippen molar-refractivity contribution in [1.29, 1.82) is 0 Å². The van der Waals surface area contributed by atoms with Gasteiger partial charge in [-0.05, 0) is 56.5 Å². The molecule has 2 aromatic rings. The van der Waals surface area contributed by atoms with E-state index in [-0.39, 0.29) is 29.4 Å². The molecule has 1 aromatic heterocycles. The number of hydrogen-bond acceptors (Lipinski definition) is 5. The normalized spacial score (nSPS) is 21.5. The van der Waals surface area contributed by atoms with Gasteiger partial charge in [-0.1, -0.05) is 17.3 Å². The molecule has 1 amide bonds. The number of halogens is 1. The zero-order valence-electron chi connectivity index (χ0n) is 15.9. The highest BCUT2D eigenvalue weighted by Crippen LogP contribution is 2.28. The lowest BCUT2D eigenvalue weighted by molar-refractivity contribution is 0.0608. The molecule has 0 aliphatic carbocycles. The Hall–Kier alpha value is -2.25. The third kappa shape index (κ3) is 4.77. The van der Waals surface area contributed by atoms with Crippen molar-refractivity contribution in [2.75, 3.05) is 26.3 Å². The highest BCUT2D eigenvalue weighted by atomic mass is 19.1. The summed E-state index contributed by atoms with van der Waals surface area (Å²) in [6, 6.07) is 8.57. The molecule has 0 spiro atoms. The van der Waals surface area contributed by atoms with E-state index in [9.17, 15) is 9.18 Å². The summed E-state index contributed by atoms with van der Waals surface area (Å²) in [4.78, 5) is 14.7. The van der Waals surface area contributed by atoms with Gasteiger partial charge < -0.3 is 14.6 Å². The molecular formula is C21H26FN3O3. The summed E-state index contributed by atoms with van der Waals surface area (Å²) in [6.45, 7) is 3.89. The van der Waals surface area contributed by atoms with Crippen LogP contribution < -0.4 is 5.32 Å². The molecule has 0 unspecified atom stereocenters. The van der Waals surface area contributed by atoms with Gasteiger partial charge in [-0.3, -0.25) is 9.69 Å². The number of carbonyl (C=O) groups excluding carboxylic acids is 1. The predicted molar refractivity (Wildman–Crippen MR) is 101 cm³/mol. The van der Waals surface area contributed by atoms with Crippen LogP contribution in [0.5, 0.6) is 0 Å². The van der Waals surface area contributed by atoms with Crippen LogP contribution in [-0.4, -0.2) is 48.3 Å². The molecule has 150 valence electrons. The minimum atomic E-state index is -0.224. The molecule has 3 heterocycles. The first kappa shape index (κ1) is 19.1. The third-order valence-corrected chi connectivity index (χ3v) is 5.55. The van der Waals surface area contributed by atoms with Gasteiger partial charge in [-0.15, -0.1) is 0 Å². The molecule has 0 saturated carbocycles. The van der Waals surface area contributed by atoms with Crippen LogP contribution in [0.1, 0.15) is 53.4 Å². The summed E-state index contributed by atoms with van der Waals surface area (Å²) < 4.78 is 24.0. The molecule has 0 radical (unpaired) electrons. The number of nitrogens with one attached hydrogen (secondary N) is 1. The summed E-state index contributed by atoms with van der Waals surface area (Å²) in [5.41, 5.74) is 1.83. The number of ether oxygens (including phenoxy) is 1. The van der Waals surface area contributed by atoms with Crippen molar-refractivity contribution in [3.63, 3.8) is 0 Å². The Balaban J connectivity index is 1.28. The molecule has 2 fully saturated rings. The van der Waals surface area contributed by atoms with E-state index in [4.69, 9.17) is 9.26 Å². The first-order valence-corrected chi connectivity index (χ1v) is 9.99. The largest absolute Gasteiger partial charge is 0.379 e. The van der Waals surface area contributed by atoms with Crippen molar-refractivity contribution in [3.8, 4) is 0 Å². The van der Waals surface area contributed by atoms with Crippen LogP contribution in [0.3, 0.4) is 0 Å². The van der Waals surface area contributed by atoms with Gasteiger partial charge in [0, 0.05) is 25.1 Å². The molecule has 2 aliphatic rings. The van der Waals surface area contributed by atoms with Gasteiger partial charge in [-0.25, -0.2) is 4.39 Å². The van der Waals surface area contributed by atoms with E-state index >= 15 is 0 Å². The smallest absolute Gasteiger partial charge is 0.290 e. The number of nitrogens with zero attached hydrogens (tertiary/aromatic N) is 2. The van der Waals surface area contributed by atoms with Crippen molar-refractivity contribution >= 4 is 5.91 Å². The van der Waals surface area contributed by atoms with Gasteiger partial charge in [0.2, 0.25) is 5.76 Å². The summed E-state index contributed by atoms with van der Waals surface area (Å²) in [6.07, 6.45) is 3.77. The molecular weight excluding hydrogens is 361 g/mol. The topological polar surface area (TPSA) is 67.6 Å². The molecule has 1 atom stereocenters. The van der Waals surface area contributed by atoms with Crippen LogP contribution >= 0.6 is 0 Å². The van der Waals surface area contributed by atoms with Gasteiger partial charge in [0.15, 0.2) is 0 Å². The second-order valence-corrected chi connectivity index (χ2v) is 7.68. The number of hydrogen-bond donors (Lipinski definition) is 1. The molecule has 1 N–H and O–H groups in total. The lowest BCUT2D eigenvalue weighted by atomic mass is 9.93. The van der Waals surface area contributed by atoms with Crippen molar-refractivity contribution < 1.29 is 18.4 Å². The highest BCUT2D eigenvalue weighted by Gasteiger charge is 2.26. The molecule has 4 rings (SSSR count). The monoisotopic (exact) mass is 387 g/mol. The number of likely N-dealkylation sites (tertiary alicyclic amines) is 1. The number of piperidine rings is 1. The Morgan fingerprint density at radius 3 is 2.86 bits per heavy atom. The van der Waals surface area contributed by atoms with E-state index in [0.717, 1.165) is 63.2 Å². The maximum atomic E-state index is 13.3. The Kier molecular flexibility index (Phi) is 6.02. The first-order valence-electron chi connectivity index (χ1n) is 9.99. The molecule has 2 aliphatic heterocycles. The van der Waals surface area contributed by atoms with Crippen molar-refractivity contribution in [2.45, 2.75) is 44.2 Å². The Morgan fingerprint density at radius 2 is 2.11 bits per heavy atom. The fourth-order valence-electron chi connectivity index (χ4n) is 3.98. The number of amides is 1. The van der Waals surface area contributed by atoms with Gasteiger partial charge in [0.05, 0.1) is 18.3 Å². The first-order chi connectivity index (χ1) is 13.7. The van der Waals surface area contributed by atoms with E-state index in [1.165, 1.54) is 6.07 Å². The van der Waals surface area contributed by atoms with Crippen molar-refractivity contribution in [3.05, 3.63) is 53.2 Å². The van der Waals surface area contributed by atoms with Crippen LogP contribution in [0.25, 0.3) is 0 Å². The van der Waals surface area contributed by atoms with Gasteiger partial charge >= 0.3 is 0 Å². The number of aromatic nitrogens is 1. The Labute approximate surface area is 164 Å². The molecule has 1 aromatic carbocycles. The van der Waals surface area contributed by atoms with E-state index < -0.39 is 0 Å². The second kappa shape index (κ2) is 8.84. The van der Waals surface area contributed by atoms with Crippen molar-refractivity contribution in [1.82, 2.24) is 15.4 Å². The maximum absolute atomic E-state index is 13.3. The standard InChI is InChI=1S/C21H26FN3O3/c22-17-4-1-3-15(11-17)13-25-8-6-16(7-9-25)19-12-20(28-24-19)21(26)23-18-5-2-10-27-14-18/h1,3-4,11-12,16,18H,2,5-10,13-14H2,(H,23,26)/t18-/m1/s1. The number of rotatable bonds is 5. The number of carbonyl (C=O) groups is 1. The van der Waals surface area contributed by atoms with Crippen molar-refractivity contribution in [2.24, 2.45) is 0 Å². The summed E-state index contributed by atoms with van der Waals surface area (Å²) in [7, 11) is 0. The summed E-state index contributed by atoms with van der Waals surface area (Å²) in [5, 5.41) is 7.09.